The van der Waals surface area contributed by atoms with Crippen molar-refractivity contribution in [2.45, 2.75) is 32.4 Å². The largest absolute Gasteiger partial charge is 0.503 e. The maximum Gasteiger partial charge on any atom is 0.0800 e. The maximum atomic E-state index is 2.81. The molecule has 1 aliphatic rings. The lowest BCUT2D eigenvalue weighted by molar-refractivity contribution is 0.682. The minimum Gasteiger partial charge on any atom is -0.503 e. The highest BCUT2D eigenvalue weighted by molar-refractivity contribution is 6.79. The molecule has 0 spiro atoms. The number of nitrogens with zero attached hydrogens (tertiary/aromatic N) is 1. The quantitative estimate of drug-likeness (QED) is 0.494. The molecule has 54 valence electrons. The van der Waals surface area contributed by atoms with E-state index in [4.69, 9.17) is 0 Å². The van der Waals surface area contributed by atoms with Gasteiger partial charge in [-0.2, -0.15) is 6.32 Å². The lowest BCUT2D eigenvalue weighted by Crippen LogP contribution is -2.45. The summed E-state index contributed by atoms with van der Waals surface area (Å²) in [4.78, 5) is 0. The average molecular weight is 142 g/mol. The second-order valence-electron chi connectivity index (χ2n) is 4.26. The Morgan fingerprint density at radius 3 is 2.22 bits per heavy atom. The average Bonchev–Trinajstić information content (AvgIpc) is 2.08. The highest BCUT2D eigenvalue weighted by Gasteiger charge is 2.19. The van der Waals surface area contributed by atoms with Gasteiger partial charge in [0.1, 0.15) is 0 Å². The Bertz CT molecular complexity index is 93.7. The summed E-state index contributed by atoms with van der Waals surface area (Å²) in [6, 6.07) is 0. The van der Waals surface area contributed by atoms with Gasteiger partial charge in [0, 0.05) is 7.41 Å². The zero-order chi connectivity index (χ0) is 6.91. The van der Waals surface area contributed by atoms with Crippen LogP contribution < -0.4 is 0 Å². The maximum absolute atomic E-state index is 2.81. The van der Waals surface area contributed by atoms with Gasteiger partial charge < -0.3 is 4.48 Å². The van der Waals surface area contributed by atoms with Gasteiger partial charge in [-0.25, -0.2) is 0 Å². The van der Waals surface area contributed by atoms with Crippen molar-refractivity contribution < 1.29 is 0 Å². The van der Waals surface area contributed by atoms with Crippen LogP contribution in [0.15, 0.2) is 0 Å². The molecule has 1 fully saturated rings. The van der Waals surface area contributed by atoms with E-state index in [1.807, 2.05) is 0 Å². The van der Waals surface area contributed by atoms with Crippen LogP contribution in [0, 0.1) is 0 Å². The zero-order valence-corrected chi connectivity index (χ0v) is 8.07. The molecule has 1 aliphatic heterocycles. The Morgan fingerprint density at radius 2 is 2.00 bits per heavy atom. The summed E-state index contributed by atoms with van der Waals surface area (Å²) in [5.74, 6) is 0. The summed E-state index contributed by atoms with van der Waals surface area (Å²) < 4.78 is 2.81. The lowest BCUT2D eigenvalue weighted by Gasteiger charge is -2.36. The third kappa shape index (κ3) is 1.83. The van der Waals surface area contributed by atoms with Crippen LogP contribution in [0.5, 0.6) is 0 Å². The SMILES string of the molecule is C[Si](C)(C)N1[BH2-]CCC1. The van der Waals surface area contributed by atoms with Gasteiger partial charge in [-0.15, -0.1) is 0 Å². The summed E-state index contributed by atoms with van der Waals surface area (Å²) >= 11 is 0. The third-order valence-electron chi connectivity index (χ3n) is 2.60. The molecule has 0 bridgehead atoms. The molecule has 0 saturated carbocycles. The van der Waals surface area contributed by atoms with E-state index in [1.54, 1.807) is 6.32 Å². The highest BCUT2D eigenvalue weighted by Crippen LogP contribution is 2.15. The van der Waals surface area contributed by atoms with E-state index in [0.717, 1.165) is 0 Å². The second kappa shape index (κ2) is 2.47. The number of hydrogen-bond donors (Lipinski definition) is 0. The predicted molar refractivity (Wildman–Crippen MR) is 48.0 cm³/mol. The van der Waals surface area contributed by atoms with Crippen molar-refractivity contribution in [3.05, 3.63) is 0 Å². The molecule has 0 atom stereocenters. The molecule has 1 heterocycles. The zero-order valence-electron chi connectivity index (χ0n) is 7.07. The Morgan fingerprint density at radius 1 is 1.33 bits per heavy atom. The molecule has 0 amide bonds. The summed E-state index contributed by atoms with van der Waals surface area (Å²) in [7, 11) is -0.475. The summed E-state index contributed by atoms with van der Waals surface area (Å²) in [6.45, 7) is 8.81. The molecule has 9 heavy (non-hydrogen) atoms. The molecule has 0 aromatic heterocycles. The van der Waals surface area contributed by atoms with E-state index in [1.165, 1.54) is 13.0 Å². The van der Waals surface area contributed by atoms with Crippen LogP contribution in [-0.2, 0) is 0 Å². The van der Waals surface area contributed by atoms with Gasteiger partial charge in [0.05, 0.1) is 8.24 Å². The van der Waals surface area contributed by atoms with Gasteiger partial charge in [-0.1, -0.05) is 26.1 Å². The van der Waals surface area contributed by atoms with Crippen molar-refractivity contribution in [2.24, 2.45) is 0 Å². The van der Waals surface area contributed by atoms with Crippen molar-refractivity contribution in [1.82, 2.24) is 4.48 Å². The van der Waals surface area contributed by atoms with Crippen LogP contribution >= 0.6 is 0 Å². The minimum absolute atomic E-state index is 0.360. The molecule has 0 radical (unpaired) electrons. The van der Waals surface area contributed by atoms with Crippen LogP contribution in [0.3, 0.4) is 0 Å². The number of hydrogen-bond acceptors (Lipinski definition) is 1. The molecule has 0 unspecified atom stereocenters. The van der Waals surface area contributed by atoms with Gasteiger partial charge in [0.25, 0.3) is 0 Å². The summed E-state index contributed by atoms with van der Waals surface area (Å²) in [5.41, 5.74) is 0. The Kier molecular flexibility index (Phi) is 2.01. The molecule has 0 aromatic rings. The fourth-order valence-electron chi connectivity index (χ4n) is 1.79. The van der Waals surface area contributed by atoms with Crippen molar-refractivity contribution in [3.8, 4) is 0 Å². The Balaban J connectivity index is 2.42. The van der Waals surface area contributed by atoms with Crippen LogP contribution in [0.2, 0.25) is 26.0 Å². The fraction of sp³-hybridized carbons (Fsp3) is 1.00. The molecule has 3 heteroatoms. The van der Waals surface area contributed by atoms with E-state index in [2.05, 4.69) is 24.1 Å². The first-order valence-electron chi connectivity index (χ1n) is 4.19. The van der Waals surface area contributed by atoms with E-state index < -0.39 is 8.24 Å². The normalized spacial score (nSPS) is 23.0. The predicted octanol–water partition coefficient (Wildman–Crippen LogP) is 1.03. The first-order valence-corrected chi connectivity index (χ1v) is 7.64. The molecule has 0 N–H and O–H groups in total. The third-order valence-corrected chi connectivity index (χ3v) is 5.43. The van der Waals surface area contributed by atoms with Crippen LogP contribution in [0.1, 0.15) is 6.42 Å². The molecule has 1 saturated heterocycles. The van der Waals surface area contributed by atoms with Crippen molar-refractivity contribution in [1.29, 1.82) is 0 Å². The van der Waals surface area contributed by atoms with Gasteiger partial charge >= 0.3 is 0 Å². The molecule has 1 rings (SSSR count). The standard InChI is InChI=1S/C6H17BNSi/c1-9(2,3)8-6-4-5-7-8/h4-7H2,1-3H3/q-1. The fourth-order valence-corrected chi connectivity index (χ4v) is 3.79. The second-order valence-corrected chi connectivity index (χ2v) is 9.37. The number of rotatable bonds is 1. The molecule has 0 aliphatic carbocycles. The van der Waals surface area contributed by atoms with Gasteiger partial charge in [0.2, 0.25) is 0 Å². The smallest absolute Gasteiger partial charge is 0.0800 e. The van der Waals surface area contributed by atoms with Crippen LogP contribution in [0.4, 0.5) is 0 Å². The monoisotopic (exact) mass is 142 g/mol. The van der Waals surface area contributed by atoms with Crippen LogP contribution in [-0.4, -0.2) is 26.7 Å². The van der Waals surface area contributed by atoms with E-state index in [0.29, 0.717) is 7.41 Å². The summed E-state index contributed by atoms with van der Waals surface area (Å²) in [6.07, 6.45) is 3.05. The minimum atomic E-state index is -0.835. The molecular formula is C6H17BNSi-. The van der Waals surface area contributed by atoms with Gasteiger partial charge in [-0.3, -0.25) is 0 Å². The Labute approximate surface area is 59.8 Å². The molecule has 1 nitrogen and oxygen atoms in total. The van der Waals surface area contributed by atoms with E-state index >= 15 is 0 Å². The molecule has 0 aromatic carbocycles. The van der Waals surface area contributed by atoms with Gasteiger partial charge in [0.15, 0.2) is 0 Å². The van der Waals surface area contributed by atoms with Crippen molar-refractivity contribution in [2.75, 3.05) is 6.54 Å². The van der Waals surface area contributed by atoms with Gasteiger partial charge in [-0.05, 0) is 6.54 Å². The van der Waals surface area contributed by atoms with E-state index in [-0.39, 0.29) is 0 Å². The van der Waals surface area contributed by atoms with E-state index in [9.17, 15) is 0 Å². The van der Waals surface area contributed by atoms with Crippen molar-refractivity contribution >= 4 is 15.6 Å². The topological polar surface area (TPSA) is 3.24 Å². The Hall–Kier alpha value is 0.242. The summed E-state index contributed by atoms with van der Waals surface area (Å²) in [5, 5.41) is 0. The first kappa shape index (κ1) is 7.35. The van der Waals surface area contributed by atoms with Crippen LogP contribution in [0.25, 0.3) is 0 Å². The first-order chi connectivity index (χ1) is 4.11. The lowest BCUT2D eigenvalue weighted by atomic mass is 9.93. The molecular weight excluding hydrogens is 125 g/mol. The van der Waals surface area contributed by atoms with Crippen molar-refractivity contribution in [3.63, 3.8) is 0 Å². The highest BCUT2D eigenvalue weighted by atomic mass is 28.3.